The van der Waals surface area contributed by atoms with E-state index in [2.05, 4.69) is 0 Å². The topological polar surface area (TPSA) is 6.48 Å². The Bertz CT molecular complexity index is 105. The lowest BCUT2D eigenvalue weighted by Gasteiger charge is -2.32. The number of halogens is 2. The maximum absolute atomic E-state index is 13.1. The second-order valence-corrected chi connectivity index (χ2v) is 2.54. The van der Waals surface area contributed by atoms with Crippen molar-refractivity contribution in [2.45, 2.75) is 20.0 Å². The second kappa shape index (κ2) is 3.97. The summed E-state index contributed by atoms with van der Waals surface area (Å²) in [4.78, 5) is 2.02. The molecule has 0 aliphatic rings. The first-order chi connectivity index (χ1) is 4.96. The van der Waals surface area contributed by atoms with Gasteiger partial charge in [0.25, 0.3) is 0 Å². The van der Waals surface area contributed by atoms with E-state index in [1.54, 1.807) is 13.8 Å². The Balaban J connectivity index is 4.18. The first-order valence-electron chi connectivity index (χ1n) is 3.77. The molecule has 2 nitrogen and oxygen atoms in total. The highest BCUT2D eigenvalue weighted by molar-refractivity contribution is 4.62. The van der Waals surface area contributed by atoms with E-state index >= 15 is 0 Å². The van der Waals surface area contributed by atoms with Crippen molar-refractivity contribution in [1.29, 1.82) is 0 Å². The second-order valence-electron chi connectivity index (χ2n) is 2.54. The maximum Gasteiger partial charge on any atom is 0.369 e. The minimum atomic E-state index is -2.82. The molecule has 11 heavy (non-hydrogen) atoms. The van der Waals surface area contributed by atoms with Crippen LogP contribution < -0.4 is 0 Å². The van der Waals surface area contributed by atoms with Crippen LogP contribution in [0.4, 0.5) is 8.78 Å². The molecule has 0 radical (unpaired) electrons. The number of hydrogen-bond acceptors (Lipinski definition) is 2. The third-order valence-corrected chi connectivity index (χ3v) is 1.87. The molecule has 0 aromatic carbocycles. The smallest absolute Gasteiger partial charge is 0.234 e. The highest BCUT2D eigenvalue weighted by Crippen LogP contribution is 2.20. The Labute approximate surface area is 66.8 Å². The van der Waals surface area contributed by atoms with Crippen LogP contribution >= 0.6 is 0 Å². The monoisotopic (exact) mass is 166 g/mol. The van der Waals surface area contributed by atoms with Crippen LogP contribution in [0.1, 0.15) is 13.8 Å². The van der Waals surface area contributed by atoms with E-state index in [0.29, 0.717) is 13.1 Å². The van der Waals surface area contributed by atoms with E-state index < -0.39 is 6.17 Å². The third kappa shape index (κ3) is 2.38. The molecule has 0 aliphatic carbocycles. The van der Waals surface area contributed by atoms with Crippen LogP contribution in [-0.2, 0) is 0 Å². The largest absolute Gasteiger partial charge is 0.369 e. The van der Waals surface area contributed by atoms with E-state index in [9.17, 15) is 8.78 Å². The van der Waals surface area contributed by atoms with Gasteiger partial charge in [-0.3, -0.25) is 0 Å². The number of rotatable bonds is 4. The molecule has 0 atom stereocenters. The summed E-state index contributed by atoms with van der Waals surface area (Å²) < 4.78 is 26.1. The van der Waals surface area contributed by atoms with Gasteiger partial charge in [0, 0.05) is 13.1 Å². The van der Waals surface area contributed by atoms with Crippen LogP contribution in [0.2, 0.25) is 0 Å². The van der Waals surface area contributed by atoms with Gasteiger partial charge in [0.05, 0.1) is 0 Å². The van der Waals surface area contributed by atoms with Gasteiger partial charge in [0.2, 0.25) is 0 Å². The zero-order valence-electron chi connectivity index (χ0n) is 7.56. The molecular weight excluding hydrogens is 150 g/mol. The first-order valence-corrected chi connectivity index (χ1v) is 3.77. The fraction of sp³-hybridized carbons (Fsp3) is 1.00. The molecule has 68 valence electrons. The van der Waals surface area contributed by atoms with Crippen molar-refractivity contribution < 1.29 is 8.78 Å². The van der Waals surface area contributed by atoms with Gasteiger partial charge in [0.15, 0.2) is 0 Å². The third-order valence-electron chi connectivity index (χ3n) is 1.87. The Morgan fingerprint density at radius 1 is 1.00 bits per heavy atom. The van der Waals surface area contributed by atoms with Crippen molar-refractivity contribution in [2.75, 3.05) is 27.2 Å². The molecular formula is C7H16F2N2. The lowest BCUT2D eigenvalue weighted by atomic mass is 10.5. The van der Waals surface area contributed by atoms with Gasteiger partial charge in [-0.2, -0.15) is 8.78 Å². The molecule has 0 aliphatic heterocycles. The van der Waals surface area contributed by atoms with Crippen molar-refractivity contribution in [3.05, 3.63) is 0 Å². The van der Waals surface area contributed by atoms with Crippen LogP contribution in [0, 0.1) is 0 Å². The van der Waals surface area contributed by atoms with Gasteiger partial charge >= 0.3 is 6.17 Å². The maximum atomic E-state index is 13.1. The van der Waals surface area contributed by atoms with Gasteiger partial charge in [-0.05, 0) is 14.1 Å². The normalized spacial score (nSPS) is 13.1. The molecule has 0 fully saturated rings. The lowest BCUT2D eigenvalue weighted by molar-refractivity contribution is -0.232. The van der Waals surface area contributed by atoms with Gasteiger partial charge in [-0.1, -0.05) is 13.8 Å². The molecule has 0 amide bonds. The molecule has 0 aromatic rings. The SMILES string of the molecule is CCN(C)C(F)(F)N(C)CC. The summed E-state index contributed by atoms with van der Waals surface area (Å²) in [5.74, 6) is 0. The molecule has 0 unspecified atom stereocenters. The molecule has 0 heterocycles. The fourth-order valence-corrected chi connectivity index (χ4v) is 0.672. The summed E-state index contributed by atoms with van der Waals surface area (Å²) in [5, 5.41) is 0. The van der Waals surface area contributed by atoms with Crippen LogP contribution in [0.15, 0.2) is 0 Å². The predicted octanol–water partition coefficient (Wildman–Crippen LogP) is 1.44. The predicted molar refractivity (Wildman–Crippen MR) is 41.6 cm³/mol. The molecule has 0 bridgehead atoms. The summed E-state index contributed by atoms with van der Waals surface area (Å²) >= 11 is 0. The molecule has 0 N–H and O–H groups in total. The van der Waals surface area contributed by atoms with E-state index in [-0.39, 0.29) is 0 Å². The standard InChI is InChI=1S/C7H16F2N2/c1-5-10(3)7(8,9)11(4)6-2/h5-6H2,1-4H3. The van der Waals surface area contributed by atoms with Crippen LogP contribution in [0.25, 0.3) is 0 Å². The Hall–Kier alpha value is -0.220. The van der Waals surface area contributed by atoms with E-state index in [4.69, 9.17) is 0 Å². The van der Waals surface area contributed by atoms with Gasteiger partial charge in [0.1, 0.15) is 0 Å². The minimum Gasteiger partial charge on any atom is -0.234 e. The Morgan fingerprint density at radius 2 is 1.27 bits per heavy atom. The number of alkyl halides is 2. The number of hydrogen-bond donors (Lipinski definition) is 0. The summed E-state index contributed by atoms with van der Waals surface area (Å²) in [7, 11) is 2.82. The first kappa shape index (κ1) is 10.8. The highest BCUT2D eigenvalue weighted by atomic mass is 19.3. The molecule has 0 spiro atoms. The van der Waals surface area contributed by atoms with E-state index in [0.717, 1.165) is 9.80 Å². The molecule has 4 heteroatoms. The summed E-state index contributed by atoms with van der Waals surface area (Å²) in [6, 6.07) is 0. The summed E-state index contributed by atoms with van der Waals surface area (Å²) in [5.41, 5.74) is 0. The van der Waals surface area contributed by atoms with Crippen molar-refractivity contribution in [2.24, 2.45) is 0 Å². The molecule has 0 saturated heterocycles. The van der Waals surface area contributed by atoms with Gasteiger partial charge < -0.3 is 0 Å². The zero-order valence-corrected chi connectivity index (χ0v) is 7.56. The highest BCUT2D eigenvalue weighted by Gasteiger charge is 2.37. The van der Waals surface area contributed by atoms with Gasteiger partial charge in [-0.15, -0.1) is 0 Å². The van der Waals surface area contributed by atoms with Crippen LogP contribution in [0.3, 0.4) is 0 Å². The molecule has 0 aromatic heterocycles. The average Bonchev–Trinajstić information content (AvgIpc) is 2.01. The van der Waals surface area contributed by atoms with E-state index in [1.807, 2.05) is 0 Å². The Kier molecular flexibility index (Phi) is 3.89. The van der Waals surface area contributed by atoms with Crippen LogP contribution in [0.5, 0.6) is 0 Å². The van der Waals surface area contributed by atoms with Crippen molar-refractivity contribution >= 4 is 0 Å². The van der Waals surface area contributed by atoms with Crippen molar-refractivity contribution in [3.63, 3.8) is 0 Å². The Morgan fingerprint density at radius 3 is 1.45 bits per heavy atom. The average molecular weight is 166 g/mol. The van der Waals surface area contributed by atoms with Gasteiger partial charge in [-0.25, -0.2) is 9.80 Å². The van der Waals surface area contributed by atoms with E-state index in [1.165, 1.54) is 14.1 Å². The molecule has 0 saturated carbocycles. The summed E-state index contributed by atoms with van der Waals surface area (Å²) in [6.45, 7) is 4.10. The van der Waals surface area contributed by atoms with Crippen molar-refractivity contribution in [3.8, 4) is 0 Å². The summed E-state index contributed by atoms with van der Waals surface area (Å²) in [6.07, 6.45) is -2.82. The van der Waals surface area contributed by atoms with Crippen molar-refractivity contribution in [1.82, 2.24) is 9.80 Å². The fourth-order valence-electron chi connectivity index (χ4n) is 0.672. The van der Waals surface area contributed by atoms with Crippen LogP contribution in [-0.4, -0.2) is 43.2 Å². The minimum absolute atomic E-state index is 0.345. The lowest BCUT2D eigenvalue weighted by Crippen LogP contribution is -2.51. The molecule has 0 rings (SSSR count). The zero-order chi connectivity index (χ0) is 9.07. The number of nitrogens with zero attached hydrogens (tertiary/aromatic N) is 2. The quantitative estimate of drug-likeness (QED) is 0.460.